The Morgan fingerprint density at radius 1 is 1.04 bits per heavy atom. The van der Waals surface area contributed by atoms with Crippen molar-refractivity contribution >= 4 is 17.5 Å². The second-order valence-corrected chi connectivity index (χ2v) is 6.77. The first kappa shape index (κ1) is 18.8. The Balaban J connectivity index is 1.53. The van der Waals surface area contributed by atoms with E-state index >= 15 is 0 Å². The minimum atomic E-state index is -0.102. The van der Waals surface area contributed by atoms with Gasteiger partial charge < -0.3 is 4.90 Å². The molecule has 2 amide bonds. The van der Waals surface area contributed by atoms with Crippen LogP contribution in [0.25, 0.3) is 0 Å². The molecule has 1 aliphatic heterocycles. The molecule has 1 aliphatic rings. The molecule has 3 rings (SSSR count). The first-order valence-corrected chi connectivity index (χ1v) is 9.30. The maximum absolute atomic E-state index is 12.5. The first-order chi connectivity index (χ1) is 13.1. The fourth-order valence-electron chi connectivity index (χ4n) is 3.16. The van der Waals surface area contributed by atoms with E-state index in [0.29, 0.717) is 6.54 Å². The van der Waals surface area contributed by atoms with Crippen molar-refractivity contribution in [1.29, 1.82) is 0 Å². The average molecular weight is 363 g/mol. The first-order valence-electron chi connectivity index (χ1n) is 9.30. The summed E-state index contributed by atoms with van der Waals surface area (Å²) in [4.78, 5) is 26.6. The minimum Gasteiger partial charge on any atom is -0.339 e. The van der Waals surface area contributed by atoms with Gasteiger partial charge in [0, 0.05) is 26.3 Å². The van der Waals surface area contributed by atoms with Crippen molar-refractivity contribution in [3.63, 3.8) is 0 Å². The Morgan fingerprint density at radius 2 is 1.67 bits per heavy atom. The van der Waals surface area contributed by atoms with E-state index in [1.165, 1.54) is 5.01 Å². The Hall–Kier alpha value is -2.95. The van der Waals surface area contributed by atoms with Crippen molar-refractivity contribution < 1.29 is 9.59 Å². The molecular weight excluding hydrogens is 338 g/mol. The number of hydrogen-bond acceptors (Lipinski definition) is 3. The smallest absolute Gasteiger partial charge is 0.243 e. The number of carbonyl (C=O) groups is 2. The number of carbonyl (C=O) groups excluding carboxylic acids is 2. The van der Waals surface area contributed by atoms with Crippen LogP contribution >= 0.6 is 0 Å². The highest BCUT2D eigenvalue weighted by molar-refractivity contribution is 6.02. The predicted octanol–water partition coefficient (Wildman–Crippen LogP) is 3.62. The number of amides is 2. The van der Waals surface area contributed by atoms with E-state index in [9.17, 15) is 9.59 Å². The molecule has 0 unspecified atom stereocenters. The van der Waals surface area contributed by atoms with E-state index in [1.54, 1.807) is 11.9 Å². The third-order valence-corrected chi connectivity index (χ3v) is 5.01. The molecule has 2 aromatic carbocycles. The molecule has 5 nitrogen and oxygen atoms in total. The van der Waals surface area contributed by atoms with Crippen LogP contribution in [0.5, 0.6) is 0 Å². The lowest BCUT2D eigenvalue weighted by Crippen LogP contribution is -2.31. The van der Waals surface area contributed by atoms with Crippen molar-refractivity contribution in [3.8, 4) is 0 Å². The molecule has 1 heterocycles. The molecule has 5 heteroatoms. The topological polar surface area (TPSA) is 53.0 Å². The van der Waals surface area contributed by atoms with E-state index in [0.717, 1.165) is 23.3 Å². The van der Waals surface area contributed by atoms with Crippen molar-refractivity contribution in [2.75, 3.05) is 13.6 Å². The quantitative estimate of drug-likeness (QED) is 0.787. The van der Waals surface area contributed by atoms with E-state index < -0.39 is 0 Å². The molecule has 140 valence electrons. The summed E-state index contributed by atoms with van der Waals surface area (Å²) in [6.07, 6.45) is 1.12. The van der Waals surface area contributed by atoms with Crippen LogP contribution in [0, 0.1) is 0 Å². The lowest BCUT2D eigenvalue weighted by molar-refractivity contribution is -0.137. The van der Waals surface area contributed by atoms with Gasteiger partial charge in [-0.25, -0.2) is 5.01 Å². The van der Waals surface area contributed by atoms with Crippen LogP contribution in [0.3, 0.4) is 0 Å². The summed E-state index contributed by atoms with van der Waals surface area (Å²) in [6.45, 7) is 2.57. The average Bonchev–Trinajstić information content (AvgIpc) is 3.22. The SMILES string of the molecule is C[C@H](c1ccccc1)N(C)C(=O)CCC(=O)N1CCC(c2ccccc2)=N1. The zero-order valence-corrected chi connectivity index (χ0v) is 15.8. The van der Waals surface area contributed by atoms with Gasteiger partial charge in [0.25, 0.3) is 0 Å². The standard InChI is InChI=1S/C22H25N3O2/c1-17(18-9-5-3-6-10-18)24(2)21(26)13-14-22(27)25-16-15-20(23-25)19-11-7-4-8-12-19/h3-12,17H,13-16H2,1-2H3/t17-/m1/s1. The fraction of sp³-hybridized carbons (Fsp3) is 0.318. The van der Waals surface area contributed by atoms with Crippen LogP contribution in [0.2, 0.25) is 0 Å². The zero-order chi connectivity index (χ0) is 19.2. The Bertz CT molecular complexity index is 818. The molecule has 0 aromatic heterocycles. The van der Waals surface area contributed by atoms with Gasteiger partial charge in [-0.3, -0.25) is 9.59 Å². The van der Waals surface area contributed by atoms with E-state index in [2.05, 4.69) is 5.10 Å². The van der Waals surface area contributed by atoms with Gasteiger partial charge >= 0.3 is 0 Å². The third kappa shape index (κ3) is 4.61. The zero-order valence-electron chi connectivity index (χ0n) is 15.8. The fourth-order valence-corrected chi connectivity index (χ4v) is 3.16. The van der Waals surface area contributed by atoms with Crippen molar-refractivity contribution in [2.45, 2.75) is 32.2 Å². The van der Waals surface area contributed by atoms with Crippen LogP contribution in [0.1, 0.15) is 43.4 Å². The van der Waals surface area contributed by atoms with Gasteiger partial charge in [0.2, 0.25) is 11.8 Å². The minimum absolute atomic E-state index is 0.0247. The van der Waals surface area contributed by atoms with Crippen LogP contribution in [0.15, 0.2) is 65.8 Å². The maximum Gasteiger partial charge on any atom is 0.243 e. The third-order valence-electron chi connectivity index (χ3n) is 5.01. The van der Waals surface area contributed by atoms with Gasteiger partial charge in [-0.1, -0.05) is 60.7 Å². The Morgan fingerprint density at radius 3 is 2.33 bits per heavy atom. The molecule has 27 heavy (non-hydrogen) atoms. The van der Waals surface area contributed by atoms with E-state index in [4.69, 9.17) is 0 Å². The number of hydrogen-bond donors (Lipinski definition) is 0. The summed E-state index contributed by atoms with van der Waals surface area (Å²) < 4.78 is 0. The highest BCUT2D eigenvalue weighted by Gasteiger charge is 2.23. The summed E-state index contributed by atoms with van der Waals surface area (Å²) in [5.74, 6) is -0.138. The largest absolute Gasteiger partial charge is 0.339 e. The summed E-state index contributed by atoms with van der Waals surface area (Å²) in [5, 5.41) is 5.94. The summed E-state index contributed by atoms with van der Waals surface area (Å²) in [7, 11) is 1.78. The van der Waals surface area contributed by atoms with Crippen molar-refractivity contribution in [2.24, 2.45) is 5.10 Å². The van der Waals surface area contributed by atoms with Gasteiger partial charge in [-0.15, -0.1) is 0 Å². The highest BCUT2D eigenvalue weighted by Crippen LogP contribution is 2.20. The molecule has 0 saturated carbocycles. The van der Waals surface area contributed by atoms with Gasteiger partial charge in [0.1, 0.15) is 0 Å². The molecule has 2 aromatic rings. The molecular formula is C22H25N3O2. The Labute approximate surface area is 160 Å². The summed E-state index contributed by atoms with van der Waals surface area (Å²) >= 11 is 0. The lowest BCUT2D eigenvalue weighted by atomic mass is 10.1. The van der Waals surface area contributed by atoms with Crippen LogP contribution in [-0.2, 0) is 9.59 Å². The van der Waals surface area contributed by atoms with Gasteiger partial charge in [-0.2, -0.15) is 5.10 Å². The molecule has 0 fully saturated rings. The Kier molecular flexibility index (Phi) is 6.01. The van der Waals surface area contributed by atoms with Crippen LogP contribution in [-0.4, -0.2) is 41.0 Å². The number of hydrazone groups is 1. The second kappa shape index (κ2) is 8.62. The number of nitrogens with zero attached hydrogens (tertiary/aromatic N) is 3. The molecule has 0 saturated heterocycles. The highest BCUT2D eigenvalue weighted by atomic mass is 16.2. The molecule has 0 N–H and O–H groups in total. The monoisotopic (exact) mass is 363 g/mol. The number of rotatable bonds is 6. The summed E-state index contributed by atoms with van der Waals surface area (Å²) in [5.41, 5.74) is 3.04. The van der Waals surface area contributed by atoms with Crippen LogP contribution in [0.4, 0.5) is 0 Å². The van der Waals surface area contributed by atoms with Crippen molar-refractivity contribution in [3.05, 3.63) is 71.8 Å². The normalized spacial score (nSPS) is 14.6. The summed E-state index contributed by atoms with van der Waals surface area (Å²) in [6, 6.07) is 19.7. The van der Waals surface area contributed by atoms with Gasteiger partial charge in [0.15, 0.2) is 0 Å². The van der Waals surface area contributed by atoms with Gasteiger partial charge in [-0.05, 0) is 18.1 Å². The maximum atomic E-state index is 12.5. The number of benzene rings is 2. The molecule has 0 bridgehead atoms. The molecule has 0 aliphatic carbocycles. The molecule has 0 spiro atoms. The second-order valence-electron chi connectivity index (χ2n) is 6.77. The molecule has 1 atom stereocenters. The predicted molar refractivity (Wildman–Crippen MR) is 106 cm³/mol. The van der Waals surface area contributed by atoms with Gasteiger partial charge in [0.05, 0.1) is 18.3 Å². The molecule has 0 radical (unpaired) electrons. The van der Waals surface area contributed by atoms with Crippen LogP contribution < -0.4 is 0 Å². The van der Waals surface area contributed by atoms with E-state index in [-0.39, 0.29) is 30.7 Å². The van der Waals surface area contributed by atoms with Crippen molar-refractivity contribution in [1.82, 2.24) is 9.91 Å². The lowest BCUT2D eigenvalue weighted by Gasteiger charge is -2.25. The van der Waals surface area contributed by atoms with E-state index in [1.807, 2.05) is 67.6 Å².